The second-order valence-electron chi connectivity index (χ2n) is 4.06. The fourth-order valence-corrected chi connectivity index (χ4v) is 2.04. The maximum absolute atomic E-state index is 10.7. The van der Waals surface area contributed by atoms with E-state index < -0.39 is 5.97 Å². The molecule has 0 fully saturated rings. The number of benzene rings is 2. The van der Waals surface area contributed by atoms with E-state index in [-0.39, 0.29) is 0 Å². The van der Waals surface area contributed by atoms with Gasteiger partial charge < -0.3 is 9.84 Å². The summed E-state index contributed by atoms with van der Waals surface area (Å²) in [5.41, 5.74) is 1.36. The summed E-state index contributed by atoms with van der Waals surface area (Å²) >= 11 is 3.38. The van der Waals surface area contributed by atoms with Gasteiger partial charge in [0.25, 0.3) is 0 Å². The van der Waals surface area contributed by atoms with E-state index in [1.54, 1.807) is 12.1 Å². The van der Waals surface area contributed by atoms with E-state index in [0.29, 0.717) is 12.2 Å². The Morgan fingerprint density at radius 3 is 2.53 bits per heavy atom. The van der Waals surface area contributed by atoms with Crippen molar-refractivity contribution >= 4 is 21.9 Å². The van der Waals surface area contributed by atoms with Crippen molar-refractivity contribution in [3.8, 4) is 5.75 Å². The molecule has 0 atom stereocenters. The molecule has 0 amide bonds. The number of rotatable bonds is 5. The third-order valence-corrected chi connectivity index (χ3v) is 3.15. The molecule has 0 radical (unpaired) electrons. The Balaban J connectivity index is 1.87. The highest BCUT2D eigenvalue weighted by Crippen LogP contribution is 2.18. The molecular weight excluding hydrogens is 308 g/mol. The second kappa shape index (κ2) is 6.38. The SMILES string of the molecule is O=C(O)c1ccc(CCOc2cccc(Br)c2)cc1. The number of carboxylic acids is 1. The first-order chi connectivity index (χ1) is 9.15. The summed E-state index contributed by atoms with van der Waals surface area (Å²) in [6.07, 6.45) is 0.742. The number of aromatic carboxylic acids is 1. The van der Waals surface area contributed by atoms with Crippen molar-refractivity contribution in [2.75, 3.05) is 6.61 Å². The summed E-state index contributed by atoms with van der Waals surface area (Å²) in [5.74, 6) is -0.0894. The topological polar surface area (TPSA) is 46.5 Å². The minimum absolute atomic E-state index is 0.302. The van der Waals surface area contributed by atoms with Crippen molar-refractivity contribution in [3.05, 3.63) is 64.1 Å². The van der Waals surface area contributed by atoms with Crippen LogP contribution < -0.4 is 4.74 Å². The number of carbonyl (C=O) groups is 1. The molecule has 2 aromatic carbocycles. The molecule has 2 aromatic rings. The lowest BCUT2D eigenvalue weighted by Crippen LogP contribution is -2.02. The molecule has 4 heteroatoms. The summed E-state index contributed by atoms with van der Waals surface area (Å²) in [7, 11) is 0. The summed E-state index contributed by atoms with van der Waals surface area (Å²) in [4.78, 5) is 10.7. The fourth-order valence-electron chi connectivity index (χ4n) is 1.66. The average molecular weight is 321 g/mol. The smallest absolute Gasteiger partial charge is 0.335 e. The molecule has 98 valence electrons. The first kappa shape index (κ1) is 13.6. The van der Waals surface area contributed by atoms with Crippen LogP contribution in [0.1, 0.15) is 15.9 Å². The molecule has 1 N–H and O–H groups in total. The zero-order valence-electron chi connectivity index (χ0n) is 10.2. The van der Waals surface area contributed by atoms with Crippen molar-refractivity contribution in [1.82, 2.24) is 0 Å². The zero-order valence-corrected chi connectivity index (χ0v) is 11.8. The first-order valence-corrected chi connectivity index (χ1v) is 6.65. The summed E-state index contributed by atoms with van der Waals surface area (Å²) in [5, 5.41) is 8.80. The lowest BCUT2D eigenvalue weighted by Gasteiger charge is -2.06. The minimum atomic E-state index is -0.906. The number of carboxylic acid groups (broad SMARTS) is 1. The van der Waals surface area contributed by atoms with Crippen LogP contribution in [0.5, 0.6) is 5.75 Å². The highest BCUT2D eigenvalue weighted by molar-refractivity contribution is 9.10. The van der Waals surface area contributed by atoms with Crippen LogP contribution in [0, 0.1) is 0 Å². The molecular formula is C15H13BrO3. The van der Waals surface area contributed by atoms with E-state index in [9.17, 15) is 4.79 Å². The Bertz CT molecular complexity index is 564. The first-order valence-electron chi connectivity index (χ1n) is 5.86. The Hall–Kier alpha value is -1.81. The average Bonchev–Trinajstić information content (AvgIpc) is 2.39. The Kier molecular flexibility index (Phi) is 4.58. The molecule has 0 heterocycles. The lowest BCUT2D eigenvalue weighted by atomic mass is 10.1. The zero-order chi connectivity index (χ0) is 13.7. The number of hydrogen-bond acceptors (Lipinski definition) is 2. The lowest BCUT2D eigenvalue weighted by molar-refractivity contribution is 0.0697. The monoisotopic (exact) mass is 320 g/mol. The number of hydrogen-bond donors (Lipinski definition) is 1. The maximum atomic E-state index is 10.7. The van der Waals surface area contributed by atoms with E-state index >= 15 is 0 Å². The van der Waals surface area contributed by atoms with Crippen molar-refractivity contribution in [3.63, 3.8) is 0 Å². The molecule has 3 nitrogen and oxygen atoms in total. The molecule has 0 aromatic heterocycles. The van der Waals surface area contributed by atoms with E-state index in [2.05, 4.69) is 15.9 Å². The summed E-state index contributed by atoms with van der Waals surface area (Å²) in [6.45, 7) is 0.558. The highest BCUT2D eigenvalue weighted by Gasteiger charge is 2.02. The van der Waals surface area contributed by atoms with Crippen LogP contribution >= 0.6 is 15.9 Å². The third-order valence-electron chi connectivity index (χ3n) is 2.66. The maximum Gasteiger partial charge on any atom is 0.335 e. The van der Waals surface area contributed by atoms with Crippen LogP contribution in [0.4, 0.5) is 0 Å². The van der Waals surface area contributed by atoms with Crippen LogP contribution in [-0.4, -0.2) is 17.7 Å². The number of halogens is 1. The third kappa shape index (κ3) is 4.10. The molecule has 0 spiro atoms. The molecule has 0 aliphatic carbocycles. The van der Waals surface area contributed by atoms with Gasteiger partial charge in [0.1, 0.15) is 5.75 Å². The van der Waals surface area contributed by atoms with Crippen molar-refractivity contribution < 1.29 is 14.6 Å². The largest absolute Gasteiger partial charge is 0.493 e. The van der Waals surface area contributed by atoms with Crippen LogP contribution in [0.25, 0.3) is 0 Å². The highest BCUT2D eigenvalue weighted by atomic mass is 79.9. The van der Waals surface area contributed by atoms with Gasteiger partial charge in [0.2, 0.25) is 0 Å². The van der Waals surface area contributed by atoms with Gasteiger partial charge in [0.15, 0.2) is 0 Å². The normalized spacial score (nSPS) is 10.2. The van der Waals surface area contributed by atoms with Gasteiger partial charge in [0, 0.05) is 10.9 Å². The van der Waals surface area contributed by atoms with Crippen molar-refractivity contribution in [2.45, 2.75) is 6.42 Å². The molecule has 0 saturated carbocycles. The predicted octanol–water partition coefficient (Wildman–Crippen LogP) is 3.77. The Morgan fingerprint density at radius 2 is 1.89 bits per heavy atom. The second-order valence-corrected chi connectivity index (χ2v) is 4.97. The fraction of sp³-hybridized carbons (Fsp3) is 0.133. The van der Waals surface area contributed by atoms with E-state index in [1.807, 2.05) is 36.4 Å². The van der Waals surface area contributed by atoms with Gasteiger partial charge in [-0.15, -0.1) is 0 Å². The molecule has 0 saturated heterocycles. The summed E-state index contributed by atoms with van der Waals surface area (Å²) < 4.78 is 6.60. The summed E-state index contributed by atoms with van der Waals surface area (Å²) in [6, 6.07) is 14.5. The van der Waals surface area contributed by atoms with Gasteiger partial charge in [-0.3, -0.25) is 0 Å². The van der Waals surface area contributed by atoms with Crippen LogP contribution in [0.15, 0.2) is 53.0 Å². The van der Waals surface area contributed by atoms with Crippen LogP contribution in [-0.2, 0) is 6.42 Å². The van der Waals surface area contributed by atoms with Crippen molar-refractivity contribution in [1.29, 1.82) is 0 Å². The molecule has 2 rings (SSSR count). The van der Waals surface area contributed by atoms with Crippen LogP contribution in [0.3, 0.4) is 0 Å². The molecule has 0 bridgehead atoms. The molecule has 0 aliphatic rings. The van der Waals surface area contributed by atoms with Gasteiger partial charge in [-0.25, -0.2) is 4.79 Å². The predicted molar refractivity (Wildman–Crippen MR) is 76.7 cm³/mol. The van der Waals surface area contributed by atoms with Gasteiger partial charge >= 0.3 is 5.97 Å². The standard InChI is InChI=1S/C15H13BrO3/c16-13-2-1-3-14(10-13)19-9-8-11-4-6-12(7-5-11)15(17)18/h1-7,10H,8-9H2,(H,17,18). The molecule has 0 unspecified atom stereocenters. The minimum Gasteiger partial charge on any atom is -0.493 e. The van der Waals surface area contributed by atoms with E-state index in [4.69, 9.17) is 9.84 Å². The Labute approximate surface area is 120 Å². The van der Waals surface area contributed by atoms with Gasteiger partial charge in [-0.05, 0) is 35.9 Å². The quantitative estimate of drug-likeness (QED) is 0.912. The van der Waals surface area contributed by atoms with Crippen LogP contribution in [0.2, 0.25) is 0 Å². The van der Waals surface area contributed by atoms with E-state index in [0.717, 1.165) is 22.2 Å². The Morgan fingerprint density at radius 1 is 1.16 bits per heavy atom. The van der Waals surface area contributed by atoms with Crippen molar-refractivity contribution in [2.24, 2.45) is 0 Å². The van der Waals surface area contributed by atoms with Gasteiger partial charge in [-0.2, -0.15) is 0 Å². The van der Waals surface area contributed by atoms with Gasteiger partial charge in [-0.1, -0.05) is 34.1 Å². The molecule has 0 aliphatic heterocycles. The number of ether oxygens (including phenoxy) is 1. The van der Waals surface area contributed by atoms with Gasteiger partial charge in [0.05, 0.1) is 12.2 Å². The van der Waals surface area contributed by atoms with E-state index in [1.165, 1.54) is 0 Å². The molecule has 19 heavy (non-hydrogen) atoms.